The fourth-order valence-electron chi connectivity index (χ4n) is 3.70. The van der Waals surface area contributed by atoms with Crippen LogP contribution in [0, 0.1) is 5.92 Å². The Labute approximate surface area is 106 Å². The van der Waals surface area contributed by atoms with E-state index in [0.29, 0.717) is 13.0 Å². The summed E-state index contributed by atoms with van der Waals surface area (Å²) in [5.41, 5.74) is 0. The van der Waals surface area contributed by atoms with Gasteiger partial charge in [0.05, 0.1) is 5.92 Å². The Kier molecular flexibility index (Phi) is 3.01. The van der Waals surface area contributed by atoms with Crippen molar-refractivity contribution in [2.24, 2.45) is 5.92 Å². The van der Waals surface area contributed by atoms with Crippen molar-refractivity contribution in [1.82, 2.24) is 4.90 Å². The van der Waals surface area contributed by atoms with Crippen molar-refractivity contribution in [1.29, 1.82) is 0 Å². The number of nitrogens with zero attached hydrogens (tertiary/aromatic N) is 1. The molecule has 0 spiro atoms. The lowest BCUT2D eigenvalue weighted by Crippen LogP contribution is -2.45. The van der Waals surface area contributed by atoms with Gasteiger partial charge in [-0.15, -0.1) is 0 Å². The third kappa shape index (κ3) is 1.81. The molecule has 0 saturated carbocycles. The van der Waals surface area contributed by atoms with E-state index in [1.54, 1.807) is 0 Å². The Morgan fingerprint density at radius 3 is 2.61 bits per heavy atom. The summed E-state index contributed by atoms with van der Waals surface area (Å²) < 4.78 is 5.53. The molecule has 3 heterocycles. The van der Waals surface area contributed by atoms with Crippen LogP contribution in [0.15, 0.2) is 0 Å². The first-order valence-electron chi connectivity index (χ1n) is 6.85. The highest BCUT2D eigenvalue weighted by Crippen LogP contribution is 2.42. The second kappa shape index (κ2) is 4.53. The zero-order valence-electron chi connectivity index (χ0n) is 10.4. The predicted octanol–water partition coefficient (Wildman–Crippen LogP) is 1.02. The van der Waals surface area contributed by atoms with Crippen LogP contribution in [0.3, 0.4) is 0 Å². The lowest BCUT2D eigenvalue weighted by molar-refractivity contribution is -0.149. The quantitative estimate of drug-likeness (QED) is 0.798. The van der Waals surface area contributed by atoms with Crippen LogP contribution >= 0.6 is 0 Å². The van der Waals surface area contributed by atoms with Gasteiger partial charge in [0.1, 0.15) is 6.10 Å². The number of carboxylic acids is 1. The maximum Gasteiger partial charge on any atom is 0.308 e. The molecule has 1 N–H and O–H groups in total. The standard InChI is InChI=1S/C13H19NO4/c15-12(11-3-1-2-6-18-11)14-8-4-5-10(14)9(7-8)13(16)17/h8-11H,1-7H2,(H,16,17). The zero-order valence-corrected chi connectivity index (χ0v) is 10.4. The highest BCUT2D eigenvalue weighted by molar-refractivity contribution is 5.84. The lowest BCUT2D eigenvalue weighted by atomic mass is 9.89. The number of aliphatic carboxylic acids is 1. The molecule has 0 aromatic rings. The molecule has 4 unspecified atom stereocenters. The van der Waals surface area contributed by atoms with Gasteiger partial charge in [0.25, 0.3) is 5.91 Å². The molecular formula is C13H19NO4. The second-order valence-electron chi connectivity index (χ2n) is 5.58. The molecule has 100 valence electrons. The molecule has 3 rings (SSSR count). The number of rotatable bonds is 2. The smallest absolute Gasteiger partial charge is 0.308 e. The number of amides is 1. The summed E-state index contributed by atoms with van der Waals surface area (Å²) >= 11 is 0. The summed E-state index contributed by atoms with van der Waals surface area (Å²) in [6.45, 7) is 0.655. The normalized spacial score (nSPS) is 39.0. The number of fused-ring (bicyclic) bond motifs is 2. The monoisotopic (exact) mass is 253 g/mol. The van der Waals surface area contributed by atoms with Crippen LogP contribution in [-0.4, -0.2) is 46.7 Å². The Morgan fingerprint density at radius 2 is 2.00 bits per heavy atom. The van der Waals surface area contributed by atoms with Crippen LogP contribution in [0.5, 0.6) is 0 Å². The van der Waals surface area contributed by atoms with E-state index in [4.69, 9.17) is 4.74 Å². The highest BCUT2D eigenvalue weighted by atomic mass is 16.5. The Bertz CT molecular complexity index is 364. The first-order valence-corrected chi connectivity index (χ1v) is 6.85. The molecule has 18 heavy (non-hydrogen) atoms. The summed E-state index contributed by atoms with van der Waals surface area (Å²) in [6, 6.07) is 0.0413. The maximum atomic E-state index is 12.4. The maximum absolute atomic E-state index is 12.4. The molecule has 4 atom stereocenters. The molecule has 3 aliphatic heterocycles. The third-order valence-electron chi connectivity index (χ3n) is 4.56. The van der Waals surface area contributed by atoms with Crippen molar-refractivity contribution in [2.75, 3.05) is 6.61 Å². The number of hydrogen-bond acceptors (Lipinski definition) is 3. The summed E-state index contributed by atoms with van der Waals surface area (Å²) in [4.78, 5) is 25.4. The van der Waals surface area contributed by atoms with Gasteiger partial charge in [0.15, 0.2) is 0 Å². The summed E-state index contributed by atoms with van der Waals surface area (Å²) in [5, 5.41) is 9.18. The zero-order chi connectivity index (χ0) is 12.7. The Morgan fingerprint density at radius 1 is 1.17 bits per heavy atom. The van der Waals surface area contributed by atoms with Crippen molar-refractivity contribution in [3.05, 3.63) is 0 Å². The molecule has 5 nitrogen and oxygen atoms in total. The topological polar surface area (TPSA) is 66.8 Å². The summed E-state index contributed by atoms with van der Waals surface area (Å²) in [5.74, 6) is -1.09. The van der Waals surface area contributed by atoms with Crippen molar-refractivity contribution < 1.29 is 19.4 Å². The van der Waals surface area contributed by atoms with Gasteiger partial charge < -0.3 is 14.7 Å². The fraction of sp³-hybridized carbons (Fsp3) is 0.846. The molecular weight excluding hydrogens is 234 g/mol. The molecule has 0 aliphatic carbocycles. The number of carbonyl (C=O) groups excluding carboxylic acids is 1. The van der Waals surface area contributed by atoms with Crippen LogP contribution in [0.2, 0.25) is 0 Å². The van der Waals surface area contributed by atoms with E-state index in [2.05, 4.69) is 0 Å². The van der Waals surface area contributed by atoms with Gasteiger partial charge in [-0.2, -0.15) is 0 Å². The van der Waals surface area contributed by atoms with Crippen molar-refractivity contribution in [3.63, 3.8) is 0 Å². The molecule has 0 aromatic carbocycles. The van der Waals surface area contributed by atoms with E-state index >= 15 is 0 Å². The molecule has 5 heteroatoms. The molecule has 3 saturated heterocycles. The average molecular weight is 253 g/mol. The van der Waals surface area contributed by atoms with Gasteiger partial charge in [-0.1, -0.05) is 0 Å². The largest absolute Gasteiger partial charge is 0.481 e. The van der Waals surface area contributed by atoms with E-state index in [1.165, 1.54) is 0 Å². The molecule has 3 fully saturated rings. The number of carboxylic acid groups (broad SMARTS) is 1. The van der Waals surface area contributed by atoms with E-state index in [-0.39, 0.29) is 30.0 Å². The van der Waals surface area contributed by atoms with Gasteiger partial charge >= 0.3 is 5.97 Å². The van der Waals surface area contributed by atoms with Gasteiger partial charge in [-0.05, 0) is 38.5 Å². The van der Waals surface area contributed by atoms with E-state index in [9.17, 15) is 14.7 Å². The third-order valence-corrected chi connectivity index (χ3v) is 4.56. The Balaban J connectivity index is 1.72. The minimum Gasteiger partial charge on any atom is -0.481 e. The number of ether oxygens (including phenoxy) is 1. The summed E-state index contributed by atoms with van der Waals surface area (Å²) in [6.07, 6.45) is 4.92. The molecule has 0 radical (unpaired) electrons. The van der Waals surface area contributed by atoms with Crippen molar-refractivity contribution >= 4 is 11.9 Å². The summed E-state index contributed by atoms with van der Waals surface area (Å²) in [7, 11) is 0. The number of carbonyl (C=O) groups is 2. The van der Waals surface area contributed by atoms with Crippen LogP contribution in [-0.2, 0) is 14.3 Å². The van der Waals surface area contributed by atoms with E-state index in [0.717, 1.165) is 32.1 Å². The first-order chi connectivity index (χ1) is 8.68. The first kappa shape index (κ1) is 12.0. The molecule has 3 aliphatic rings. The van der Waals surface area contributed by atoms with Crippen LogP contribution < -0.4 is 0 Å². The van der Waals surface area contributed by atoms with Gasteiger partial charge in [0.2, 0.25) is 0 Å². The number of hydrogen-bond donors (Lipinski definition) is 1. The minimum atomic E-state index is -0.760. The highest BCUT2D eigenvalue weighted by Gasteiger charge is 2.52. The van der Waals surface area contributed by atoms with Gasteiger partial charge in [-0.25, -0.2) is 0 Å². The molecule has 2 bridgehead atoms. The lowest BCUT2D eigenvalue weighted by Gasteiger charge is -2.30. The minimum absolute atomic E-state index is 0.0333. The van der Waals surface area contributed by atoms with Gasteiger partial charge in [-0.3, -0.25) is 9.59 Å². The molecule has 0 aromatic heterocycles. The fourth-order valence-corrected chi connectivity index (χ4v) is 3.70. The predicted molar refractivity (Wildman–Crippen MR) is 63.0 cm³/mol. The van der Waals surface area contributed by atoms with Crippen LogP contribution in [0.25, 0.3) is 0 Å². The van der Waals surface area contributed by atoms with Gasteiger partial charge in [0, 0.05) is 18.7 Å². The Hall–Kier alpha value is -1.10. The van der Waals surface area contributed by atoms with Crippen molar-refractivity contribution in [2.45, 2.75) is 56.7 Å². The van der Waals surface area contributed by atoms with Crippen LogP contribution in [0.4, 0.5) is 0 Å². The molecule has 1 amide bonds. The average Bonchev–Trinajstić information content (AvgIpc) is 2.96. The van der Waals surface area contributed by atoms with E-state index < -0.39 is 5.97 Å². The van der Waals surface area contributed by atoms with Crippen molar-refractivity contribution in [3.8, 4) is 0 Å². The van der Waals surface area contributed by atoms with Crippen LogP contribution in [0.1, 0.15) is 38.5 Å². The van der Waals surface area contributed by atoms with E-state index in [1.807, 2.05) is 4.90 Å². The second-order valence-corrected chi connectivity index (χ2v) is 5.58. The SMILES string of the molecule is O=C(O)C1CC2CCC1N2C(=O)C1CCCCO1.